The Labute approximate surface area is 211 Å². The third-order valence-electron chi connectivity index (χ3n) is 5.77. The van der Waals surface area contributed by atoms with Crippen molar-refractivity contribution >= 4 is 28.9 Å². The summed E-state index contributed by atoms with van der Waals surface area (Å²) in [5.41, 5.74) is 2.90. The van der Waals surface area contributed by atoms with Crippen LogP contribution in [0.4, 0.5) is 20.2 Å². The van der Waals surface area contributed by atoms with Crippen LogP contribution in [0.15, 0.2) is 66.9 Å². The normalized spacial score (nSPS) is 12.0. The highest BCUT2D eigenvalue weighted by Crippen LogP contribution is 2.32. The van der Waals surface area contributed by atoms with E-state index < -0.39 is 23.7 Å². The Morgan fingerprint density at radius 2 is 1.64 bits per heavy atom. The van der Waals surface area contributed by atoms with Crippen molar-refractivity contribution in [1.29, 1.82) is 5.41 Å². The van der Waals surface area contributed by atoms with Gasteiger partial charge in [0, 0.05) is 42.3 Å². The first-order valence-electron chi connectivity index (χ1n) is 11.9. The number of benzene rings is 2. The van der Waals surface area contributed by atoms with Gasteiger partial charge in [0.1, 0.15) is 0 Å². The third kappa shape index (κ3) is 6.38. The number of hydrogen-bond acceptors (Lipinski definition) is 4. The Morgan fingerprint density at radius 1 is 1.00 bits per heavy atom. The van der Waals surface area contributed by atoms with Gasteiger partial charge in [-0.3, -0.25) is 14.6 Å². The van der Waals surface area contributed by atoms with Gasteiger partial charge in [-0.15, -0.1) is 0 Å². The number of anilines is 2. The standard InChI is InChI=1S/C28H30F2N4O2.H2/c1-4-9-19-11-8-15-32-25(19)20-10-6-13-22(16-20)33-26(35)24(18(3)31)27(36)34-23-14-7-12-21(17-23)28(29,30)5-2;/h6-8,10-17,24,31H,4-5,9H2,1-3H3,(H,33,35)(H,34,36);1H. The molecule has 0 aliphatic carbocycles. The van der Waals surface area contributed by atoms with Gasteiger partial charge in [0.05, 0.1) is 5.69 Å². The van der Waals surface area contributed by atoms with Crippen LogP contribution in [0.2, 0.25) is 0 Å². The Hall–Kier alpha value is -3.94. The molecule has 0 saturated heterocycles. The predicted octanol–water partition coefficient (Wildman–Crippen LogP) is 6.68. The van der Waals surface area contributed by atoms with Gasteiger partial charge in [-0.25, -0.2) is 8.78 Å². The number of pyridine rings is 1. The number of halogens is 2. The van der Waals surface area contributed by atoms with E-state index in [2.05, 4.69) is 22.5 Å². The zero-order valence-corrected chi connectivity index (χ0v) is 20.6. The molecule has 3 N–H and O–H groups in total. The van der Waals surface area contributed by atoms with Gasteiger partial charge in [-0.05, 0) is 49.2 Å². The second kappa shape index (κ2) is 11.7. The predicted molar refractivity (Wildman–Crippen MR) is 141 cm³/mol. The molecule has 0 spiro atoms. The number of carbonyl (C=O) groups is 2. The van der Waals surface area contributed by atoms with Crippen molar-refractivity contribution in [2.45, 2.75) is 46.0 Å². The molecule has 190 valence electrons. The molecule has 2 amide bonds. The van der Waals surface area contributed by atoms with Crippen LogP contribution in [0.25, 0.3) is 11.3 Å². The van der Waals surface area contributed by atoms with Gasteiger partial charge in [0.25, 0.3) is 5.92 Å². The molecule has 0 saturated carbocycles. The summed E-state index contributed by atoms with van der Waals surface area (Å²) in [5.74, 6) is -5.94. The fourth-order valence-corrected chi connectivity index (χ4v) is 3.88. The molecule has 8 heteroatoms. The van der Waals surface area contributed by atoms with Crippen molar-refractivity contribution in [3.8, 4) is 11.3 Å². The molecule has 1 atom stereocenters. The average Bonchev–Trinajstić information content (AvgIpc) is 2.84. The van der Waals surface area contributed by atoms with E-state index in [0.717, 1.165) is 29.7 Å². The van der Waals surface area contributed by atoms with Gasteiger partial charge < -0.3 is 16.0 Å². The topological polar surface area (TPSA) is 94.9 Å². The van der Waals surface area contributed by atoms with Crippen molar-refractivity contribution in [1.82, 2.24) is 4.98 Å². The second-order valence-electron chi connectivity index (χ2n) is 8.58. The number of nitrogens with zero attached hydrogens (tertiary/aromatic N) is 1. The van der Waals surface area contributed by atoms with Gasteiger partial charge in [-0.2, -0.15) is 0 Å². The molecule has 1 unspecified atom stereocenters. The number of hydrogen-bond donors (Lipinski definition) is 3. The van der Waals surface area contributed by atoms with Crippen LogP contribution < -0.4 is 10.6 Å². The minimum Gasteiger partial charge on any atom is -0.325 e. The molecule has 0 fully saturated rings. The van der Waals surface area contributed by atoms with Crippen molar-refractivity contribution in [2.24, 2.45) is 5.92 Å². The lowest BCUT2D eigenvalue weighted by atomic mass is 10.0. The number of amides is 2. The lowest BCUT2D eigenvalue weighted by Gasteiger charge is -2.18. The summed E-state index contributed by atoms with van der Waals surface area (Å²) >= 11 is 0. The first-order valence-corrected chi connectivity index (χ1v) is 11.9. The van der Waals surface area contributed by atoms with Gasteiger partial charge in [-0.1, -0.05) is 50.6 Å². The van der Waals surface area contributed by atoms with Crippen LogP contribution in [0.3, 0.4) is 0 Å². The molecule has 6 nitrogen and oxygen atoms in total. The lowest BCUT2D eigenvalue weighted by molar-refractivity contribution is -0.126. The highest BCUT2D eigenvalue weighted by molar-refractivity contribution is 6.24. The molecule has 36 heavy (non-hydrogen) atoms. The second-order valence-corrected chi connectivity index (χ2v) is 8.58. The molecular formula is C28H32F2N4O2. The van der Waals surface area contributed by atoms with E-state index in [1.54, 1.807) is 24.4 Å². The number of aryl methyl sites for hydroxylation is 1. The molecule has 2 aromatic carbocycles. The maximum atomic E-state index is 14.1. The first kappa shape index (κ1) is 26.7. The van der Waals surface area contributed by atoms with Crippen LogP contribution in [-0.2, 0) is 21.9 Å². The first-order chi connectivity index (χ1) is 17.2. The summed E-state index contributed by atoms with van der Waals surface area (Å²) in [6.45, 7) is 4.81. The van der Waals surface area contributed by atoms with E-state index in [4.69, 9.17) is 5.41 Å². The van der Waals surface area contributed by atoms with Crippen LogP contribution in [-0.4, -0.2) is 22.5 Å². The Bertz CT molecular complexity index is 1270. The van der Waals surface area contributed by atoms with Crippen molar-refractivity contribution in [3.63, 3.8) is 0 Å². The van der Waals surface area contributed by atoms with Gasteiger partial charge >= 0.3 is 0 Å². The van der Waals surface area contributed by atoms with E-state index in [0.29, 0.717) is 5.69 Å². The van der Waals surface area contributed by atoms with E-state index in [-0.39, 0.29) is 24.8 Å². The van der Waals surface area contributed by atoms with E-state index in [1.807, 2.05) is 18.2 Å². The monoisotopic (exact) mass is 494 g/mol. The number of rotatable bonds is 10. The molecule has 3 aromatic rings. The molecule has 3 rings (SSSR count). The molecule has 0 radical (unpaired) electrons. The summed E-state index contributed by atoms with van der Waals surface area (Å²) in [6, 6.07) is 16.4. The Morgan fingerprint density at radius 3 is 2.25 bits per heavy atom. The van der Waals surface area contributed by atoms with Crippen LogP contribution >= 0.6 is 0 Å². The highest BCUT2D eigenvalue weighted by Gasteiger charge is 2.31. The molecule has 0 bridgehead atoms. The molecule has 1 heterocycles. The number of aromatic nitrogens is 1. The van der Waals surface area contributed by atoms with E-state index in [1.165, 1.54) is 38.1 Å². The van der Waals surface area contributed by atoms with E-state index in [9.17, 15) is 18.4 Å². The smallest absolute Gasteiger partial charge is 0.273 e. The lowest BCUT2D eigenvalue weighted by Crippen LogP contribution is -2.38. The molecule has 1 aromatic heterocycles. The Kier molecular flexibility index (Phi) is 8.64. The Balaban J connectivity index is 0.00000481. The quantitative estimate of drug-likeness (QED) is 0.217. The number of carbonyl (C=O) groups excluding carboxylic acids is 2. The SMILES string of the molecule is CCCc1cccnc1-c1cccc(NC(=O)C(C(C)=N)C(=O)Nc2cccc(C(F)(F)CC)c2)c1.[HH]. The maximum absolute atomic E-state index is 14.1. The van der Waals surface area contributed by atoms with Crippen LogP contribution in [0, 0.1) is 11.3 Å². The van der Waals surface area contributed by atoms with Crippen LogP contribution in [0.5, 0.6) is 0 Å². The third-order valence-corrected chi connectivity index (χ3v) is 5.77. The largest absolute Gasteiger partial charge is 0.325 e. The number of alkyl halides is 2. The molecule has 0 aliphatic heterocycles. The van der Waals surface area contributed by atoms with Gasteiger partial charge in [0.15, 0.2) is 5.92 Å². The number of nitrogens with one attached hydrogen (secondary N) is 3. The summed E-state index contributed by atoms with van der Waals surface area (Å²) in [5, 5.41) is 13.2. The maximum Gasteiger partial charge on any atom is 0.273 e. The summed E-state index contributed by atoms with van der Waals surface area (Å²) in [6.07, 6.45) is 3.15. The van der Waals surface area contributed by atoms with Crippen LogP contribution in [0.1, 0.15) is 46.2 Å². The minimum absolute atomic E-state index is 0. The summed E-state index contributed by atoms with van der Waals surface area (Å²) in [4.78, 5) is 30.4. The molecule has 0 aliphatic rings. The van der Waals surface area contributed by atoms with Gasteiger partial charge in [0.2, 0.25) is 11.8 Å². The fraction of sp³-hybridized carbons (Fsp3) is 0.286. The summed E-state index contributed by atoms with van der Waals surface area (Å²) in [7, 11) is 0. The van der Waals surface area contributed by atoms with Crippen molar-refractivity contribution < 1.29 is 19.8 Å². The zero-order chi connectivity index (χ0) is 26.3. The summed E-state index contributed by atoms with van der Waals surface area (Å²) < 4.78 is 28.1. The molecular weight excluding hydrogens is 462 g/mol. The highest BCUT2D eigenvalue weighted by atomic mass is 19.3. The van der Waals surface area contributed by atoms with E-state index >= 15 is 0 Å². The average molecular weight is 495 g/mol. The fourth-order valence-electron chi connectivity index (χ4n) is 3.88. The van der Waals surface area contributed by atoms with Crippen molar-refractivity contribution in [3.05, 3.63) is 78.0 Å². The zero-order valence-electron chi connectivity index (χ0n) is 20.6. The van der Waals surface area contributed by atoms with Crippen molar-refractivity contribution in [2.75, 3.05) is 10.6 Å². The minimum atomic E-state index is -3.04.